The Morgan fingerprint density at radius 1 is 1.23 bits per heavy atom. The first-order valence-electron chi connectivity index (χ1n) is 7.85. The van der Waals surface area contributed by atoms with Gasteiger partial charge in [-0.1, -0.05) is 25.0 Å². The van der Waals surface area contributed by atoms with Crippen LogP contribution in [0.1, 0.15) is 37.7 Å². The van der Waals surface area contributed by atoms with Gasteiger partial charge in [-0.15, -0.1) is 0 Å². The van der Waals surface area contributed by atoms with Crippen LogP contribution in [0.5, 0.6) is 0 Å². The molecule has 120 valence electrons. The van der Waals surface area contributed by atoms with Crippen molar-refractivity contribution >= 4 is 11.8 Å². The molecule has 5 heteroatoms. The van der Waals surface area contributed by atoms with Crippen molar-refractivity contribution < 1.29 is 14.0 Å². The predicted octanol–water partition coefficient (Wildman–Crippen LogP) is 2.17. The normalized spacial score (nSPS) is 16.4. The third-order valence-electron chi connectivity index (χ3n) is 4.29. The molecule has 0 bridgehead atoms. The summed E-state index contributed by atoms with van der Waals surface area (Å²) in [4.78, 5) is 23.4. The zero-order valence-electron chi connectivity index (χ0n) is 12.7. The lowest BCUT2D eigenvalue weighted by atomic mass is 9.98. The van der Waals surface area contributed by atoms with Crippen molar-refractivity contribution in [3.63, 3.8) is 0 Å². The summed E-state index contributed by atoms with van der Waals surface area (Å²) in [7, 11) is 0. The van der Waals surface area contributed by atoms with Gasteiger partial charge >= 0.3 is 0 Å². The van der Waals surface area contributed by atoms with E-state index in [0.29, 0.717) is 18.8 Å². The predicted molar refractivity (Wildman–Crippen MR) is 82.4 cm³/mol. The van der Waals surface area contributed by atoms with Crippen molar-refractivity contribution in [3.05, 3.63) is 35.6 Å². The van der Waals surface area contributed by atoms with Gasteiger partial charge in [0.05, 0.1) is 5.92 Å². The molecule has 1 aromatic carbocycles. The van der Waals surface area contributed by atoms with Crippen LogP contribution in [-0.4, -0.2) is 18.4 Å². The topological polar surface area (TPSA) is 72.2 Å². The zero-order chi connectivity index (χ0) is 15.9. The van der Waals surface area contributed by atoms with Gasteiger partial charge in [-0.05, 0) is 42.9 Å². The minimum Gasteiger partial charge on any atom is -0.369 e. The Morgan fingerprint density at radius 2 is 1.86 bits per heavy atom. The molecule has 0 spiro atoms. The van der Waals surface area contributed by atoms with Gasteiger partial charge in [0.1, 0.15) is 5.82 Å². The Kier molecular flexibility index (Phi) is 5.92. The number of nitrogens with one attached hydrogen (secondary N) is 1. The van der Waals surface area contributed by atoms with Gasteiger partial charge in [-0.2, -0.15) is 0 Å². The van der Waals surface area contributed by atoms with Gasteiger partial charge in [-0.3, -0.25) is 9.59 Å². The van der Waals surface area contributed by atoms with Crippen molar-refractivity contribution in [3.8, 4) is 0 Å². The SMILES string of the molecule is NC(=O)C(CNC(=O)CC1CCCC1)Cc1ccc(F)cc1. The summed E-state index contributed by atoms with van der Waals surface area (Å²) in [5.41, 5.74) is 6.23. The van der Waals surface area contributed by atoms with Gasteiger partial charge in [0.15, 0.2) is 0 Å². The lowest BCUT2D eigenvalue weighted by Gasteiger charge is -2.15. The molecule has 1 fully saturated rings. The first-order chi connectivity index (χ1) is 10.5. The van der Waals surface area contributed by atoms with Crippen molar-refractivity contribution in [2.75, 3.05) is 6.54 Å². The molecule has 1 saturated carbocycles. The number of hydrogen-bond acceptors (Lipinski definition) is 2. The molecule has 1 aliphatic carbocycles. The van der Waals surface area contributed by atoms with Gasteiger partial charge in [0, 0.05) is 13.0 Å². The number of rotatable bonds is 7. The van der Waals surface area contributed by atoms with Crippen LogP contribution in [0.4, 0.5) is 4.39 Å². The Morgan fingerprint density at radius 3 is 2.45 bits per heavy atom. The number of hydrogen-bond donors (Lipinski definition) is 2. The molecular formula is C17H23FN2O2. The molecule has 0 radical (unpaired) electrons. The highest BCUT2D eigenvalue weighted by molar-refractivity contribution is 5.80. The maximum absolute atomic E-state index is 12.9. The molecule has 3 N–H and O–H groups in total. The quantitative estimate of drug-likeness (QED) is 0.810. The summed E-state index contributed by atoms with van der Waals surface area (Å²) < 4.78 is 12.9. The fourth-order valence-corrected chi connectivity index (χ4v) is 2.96. The standard InChI is InChI=1S/C17H23FN2O2/c18-15-7-5-13(6-8-15)9-14(17(19)22)11-20-16(21)10-12-3-1-2-4-12/h5-8,12,14H,1-4,9-11H2,(H2,19,22)(H,20,21). The second kappa shape index (κ2) is 7.92. The minimum absolute atomic E-state index is 0.0164. The van der Waals surface area contributed by atoms with Crippen LogP contribution in [0.2, 0.25) is 0 Å². The fraction of sp³-hybridized carbons (Fsp3) is 0.529. The smallest absolute Gasteiger partial charge is 0.222 e. The fourth-order valence-electron chi connectivity index (χ4n) is 2.96. The van der Waals surface area contributed by atoms with E-state index in [1.807, 2.05) is 0 Å². The van der Waals surface area contributed by atoms with E-state index in [2.05, 4.69) is 5.32 Å². The molecule has 4 nitrogen and oxygen atoms in total. The molecule has 0 aliphatic heterocycles. The minimum atomic E-state index is -0.474. The maximum Gasteiger partial charge on any atom is 0.222 e. The average Bonchev–Trinajstić information content (AvgIpc) is 2.98. The van der Waals surface area contributed by atoms with E-state index in [4.69, 9.17) is 5.73 Å². The largest absolute Gasteiger partial charge is 0.369 e. The highest BCUT2D eigenvalue weighted by Crippen LogP contribution is 2.27. The number of primary amides is 1. The van der Waals surface area contributed by atoms with Gasteiger partial charge < -0.3 is 11.1 Å². The Labute approximate surface area is 130 Å². The van der Waals surface area contributed by atoms with Crippen molar-refractivity contribution in [2.24, 2.45) is 17.6 Å². The van der Waals surface area contributed by atoms with E-state index < -0.39 is 11.8 Å². The van der Waals surface area contributed by atoms with Crippen LogP contribution in [0.25, 0.3) is 0 Å². The molecule has 0 saturated heterocycles. The first kappa shape index (κ1) is 16.5. The number of carbonyl (C=O) groups is 2. The van der Waals surface area contributed by atoms with Gasteiger partial charge in [0.25, 0.3) is 0 Å². The number of halogens is 1. The zero-order valence-corrected chi connectivity index (χ0v) is 12.7. The number of nitrogens with two attached hydrogens (primary N) is 1. The van der Waals surface area contributed by atoms with Crippen LogP contribution in [0, 0.1) is 17.7 Å². The van der Waals surface area contributed by atoms with Crippen LogP contribution in [0.15, 0.2) is 24.3 Å². The molecular weight excluding hydrogens is 283 g/mol. The molecule has 1 aliphatic rings. The first-order valence-corrected chi connectivity index (χ1v) is 7.85. The highest BCUT2D eigenvalue weighted by atomic mass is 19.1. The van der Waals surface area contributed by atoms with Crippen LogP contribution in [-0.2, 0) is 16.0 Å². The number of carbonyl (C=O) groups excluding carboxylic acids is 2. The van der Waals surface area contributed by atoms with Crippen LogP contribution >= 0.6 is 0 Å². The third-order valence-corrected chi connectivity index (χ3v) is 4.29. The Balaban J connectivity index is 1.82. The van der Waals surface area contributed by atoms with E-state index >= 15 is 0 Å². The molecule has 2 amide bonds. The summed E-state index contributed by atoms with van der Waals surface area (Å²) in [6, 6.07) is 5.97. The Hall–Kier alpha value is -1.91. The molecule has 1 unspecified atom stereocenters. The summed E-state index contributed by atoms with van der Waals surface area (Å²) in [5.74, 6) is -0.783. The maximum atomic E-state index is 12.9. The average molecular weight is 306 g/mol. The van der Waals surface area contributed by atoms with Crippen molar-refractivity contribution in [1.29, 1.82) is 0 Å². The van der Waals surface area contributed by atoms with E-state index in [0.717, 1.165) is 18.4 Å². The monoisotopic (exact) mass is 306 g/mol. The van der Waals surface area contributed by atoms with Gasteiger partial charge in [-0.25, -0.2) is 4.39 Å². The van der Waals surface area contributed by atoms with Crippen LogP contribution < -0.4 is 11.1 Å². The summed E-state index contributed by atoms with van der Waals surface area (Å²) >= 11 is 0. The summed E-state index contributed by atoms with van der Waals surface area (Å²) in [6.07, 6.45) is 5.56. The molecule has 1 aromatic rings. The molecule has 1 atom stereocenters. The van der Waals surface area contributed by atoms with Gasteiger partial charge in [0.2, 0.25) is 11.8 Å². The lowest BCUT2D eigenvalue weighted by molar-refractivity contribution is -0.123. The number of amides is 2. The van der Waals surface area contributed by atoms with E-state index in [1.165, 1.54) is 25.0 Å². The Bertz CT molecular complexity index is 510. The van der Waals surface area contributed by atoms with Crippen LogP contribution in [0.3, 0.4) is 0 Å². The molecule has 22 heavy (non-hydrogen) atoms. The van der Waals surface area contributed by atoms with E-state index in [1.54, 1.807) is 12.1 Å². The van der Waals surface area contributed by atoms with Crippen molar-refractivity contribution in [2.45, 2.75) is 38.5 Å². The number of benzene rings is 1. The second-order valence-corrected chi connectivity index (χ2v) is 6.09. The summed E-state index contributed by atoms with van der Waals surface area (Å²) in [6.45, 7) is 0.234. The summed E-state index contributed by atoms with van der Waals surface area (Å²) in [5, 5.41) is 2.81. The van der Waals surface area contributed by atoms with E-state index in [-0.39, 0.29) is 18.3 Å². The molecule has 2 rings (SSSR count). The van der Waals surface area contributed by atoms with Crippen molar-refractivity contribution in [1.82, 2.24) is 5.32 Å². The molecule has 0 aromatic heterocycles. The molecule has 0 heterocycles. The van der Waals surface area contributed by atoms with E-state index in [9.17, 15) is 14.0 Å². The second-order valence-electron chi connectivity index (χ2n) is 6.09. The third kappa shape index (κ3) is 5.13. The highest BCUT2D eigenvalue weighted by Gasteiger charge is 2.21. The lowest BCUT2D eigenvalue weighted by Crippen LogP contribution is -2.37.